The molecule has 6 rings (SSSR count). The molecule has 6 nitrogen and oxygen atoms in total. The number of hydrogen-bond donors (Lipinski definition) is 1. The molecule has 4 aromatic rings. The highest BCUT2D eigenvalue weighted by atomic mass is 16.5. The molecular weight excluding hydrogens is 414 g/mol. The third-order valence-electron chi connectivity index (χ3n) is 6.63. The van der Waals surface area contributed by atoms with Crippen LogP contribution in [0.3, 0.4) is 0 Å². The summed E-state index contributed by atoms with van der Waals surface area (Å²) >= 11 is 0. The summed E-state index contributed by atoms with van der Waals surface area (Å²) in [6.07, 6.45) is 3.44. The van der Waals surface area contributed by atoms with E-state index in [1.807, 2.05) is 60.7 Å². The lowest BCUT2D eigenvalue weighted by Crippen LogP contribution is -2.51. The van der Waals surface area contributed by atoms with Gasteiger partial charge in [-0.1, -0.05) is 24.3 Å². The lowest BCUT2D eigenvalue weighted by Gasteiger charge is -2.36. The number of benzene rings is 2. The van der Waals surface area contributed by atoms with Crippen LogP contribution in [0.2, 0.25) is 0 Å². The van der Waals surface area contributed by atoms with Crippen LogP contribution >= 0.6 is 0 Å². The summed E-state index contributed by atoms with van der Waals surface area (Å²) in [5.74, 6) is 1.09. The predicted octanol–water partition coefficient (Wildman–Crippen LogP) is 4.31. The summed E-state index contributed by atoms with van der Waals surface area (Å²) in [5.41, 5.74) is 3.39. The van der Waals surface area contributed by atoms with Crippen LogP contribution in [0.15, 0.2) is 66.9 Å². The maximum atomic E-state index is 13.5. The van der Waals surface area contributed by atoms with Gasteiger partial charge in [0.15, 0.2) is 0 Å². The minimum Gasteiger partial charge on any atom is -0.488 e. The van der Waals surface area contributed by atoms with Crippen molar-refractivity contribution in [3.63, 3.8) is 0 Å². The van der Waals surface area contributed by atoms with Crippen LogP contribution in [-0.2, 0) is 0 Å². The van der Waals surface area contributed by atoms with Crippen LogP contribution in [0.5, 0.6) is 5.75 Å². The number of carbonyl (C=O) groups excluding carboxylic acids is 1. The zero-order valence-corrected chi connectivity index (χ0v) is 18.2. The van der Waals surface area contributed by atoms with Gasteiger partial charge in [0.2, 0.25) is 0 Å². The number of aromatic nitrogens is 2. The van der Waals surface area contributed by atoms with Crippen LogP contribution in [0.25, 0.3) is 21.8 Å². The maximum Gasteiger partial charge on any atom is 0.254 e. The monoisotopic (exact) mass is 439 g/mol. The van der Waals surface area contributed by atoms with Crippen molar-refractivity contribution >= 4 is 27.7 Å². The van der Waals surface area contributed by atoms with Gasteiger partial charge in [-0.25, -0.2) is 0 Å². The quantitative estimate of drug-likeness (QED) is 0.513. The van der Waals surface area contributed by atoms with Crippen molar-refractivity contribution < 1.29 is 14.6 Å². The van der Waals surface area contributed by atoms with E-state index in [4.69, 9.17) is 9.72 Å². The SMILES string of the molecule is O=C(c1cc(C2CC2)nc2ccccc12)N1CC[C@@H](Oc2ccc3cccnc3c2)[C@H](O)C1. The van der Waals surface area contributed by atoms with E-state index >= 15 is 0 Å². The number of aliphatic hydroxyl groups is 1. The average molecular weight is 440 g/mol. The smallest absolute Gasteiger partial charge is 0.254 e. The van der Waals surface area contributed by atoms with Gasteiger partial charge in [0.05, 0.1) is 23.1 Å². The van der Waals surface area contributed by atoms with Crippen molar-refractivity contribution in [2.24, 2.45) is 0 Å². The second kappa shape index (κ2) is 8.12. The Bertz CT molecular complexity index is 1350. The molecule has 2 aromatic heterocycles. The number of amides is 1. The van der Waals surface area contributed by atoms with Crippen molar-refractivity contribution in [3.05, 3.63) is 78.1 Å². The van der Waals surface area contributed by atoms with Gasteiger partial charge in [0.1, 0.15) is 18.0 Å². The fourth-order valence-corrected chi connectivity index (χ4v) is 4.66. The first-order valence-corrected chi connectivity index (χ1v) is 11.5. The van der Waals surface area contributed by atoms with Gasteiger partial charge in [0.25, 0.3) is 5.91 Å². The molecule has 0 unspecified atom stereocenters. The lowest BCUT2D eigenvalue weighted by atomic mass is 10.0. The van der Waals surface area contributed by atoms with Gasteiger partial charge in [-0.3, -0.25) is 14.8 Å². The molecule has 0 bridgehead atoms. The van der Waals surface area contributed by atoms with E-state index in [0.29, 0.717) is 30.2 Å². The molecule has 1 amide bonds. The number of rotatable bonds is 4. The van der Waals surface area contributed by atoms with E-state index in [0.717, 1.165) is 40.3 Å². The van der Waals surface area contributed by atoms with E-state index < -0.39 is 6.10 Å². The number of fused-ring (bicyclic) bond motifs is 2. The minimum absolute atomic E-state index is 0.0529. The van der Waals surface area contributed by atoms with Crippen molar-refractivity contribution in [2.45, 2.75) is 37.4 Å². The van der Waals surface area contributed by atoms with Gasteiger partial charge in [-0.05, 0) is 43.2 Å². The molecule has 1 saturated carbocycles. The molecule has 2 fully saturated rings. The highest BCUT2D eigenvalue weighted by Gasteiger charge is 2.33. The molecule has 2 aliphatic rings. The number of para-hydroxylation sites is 1. The molecule has 0 spiro atoms. The summed E-state index contributed by atoms with van der Waals surface area (Å²) in [6, 6.07) is 19.4. The Balaban J connectivity index is 1.20. The van der Waals surface area contributed by atoms with Gasteiger partial charge in [-0.2, -0.15) is 0 Å². The van der Waals surface area contributed by atoms with E-state index in [2.05, 4.69) is 4.98 Å². The Morgan fingerprint density at radius 1 is 1.00 bits per heavy atom. The third kappa shape index (κ3) is 3.91. The zero-order chi connectivity index (χ0) is 22.4. The number of β-amino-alcohol motifs (C(OH)–C–C–N with tert-alkyl or cyclic N) is 1. The van der Waals surface area contributed by atoms with Crippen molar-refractivity contribution in [3.8, 4) is 5.75 Å². The number of aliphatic hydroxyl groups excluding tert-OH is 1. The first-order valence-electron chi connectivity index (χ1n) is 11.5. The van der Waals surface area contributed by atoms with E-state index in [-0.39, 0.29) is 18.6 Å². The number of piperidine rings is 1. The molecule has 0 radical (unpaired) electrons. The first-order chi connectivity index (χ1) is 16.2. The number of nitrogens with zero attached hydrogens (tertiary/aromatic N) is 3. The molecule has 1 aliphatic carbocycles. The van der Waals surface area contributed by atoms with Crippen LogP contribution in [0, 0.1) is 0 Å². The van der Waals surface area contributed by atoms with Crippen LogP contribution < -0.4 is 4.74 Å². The molecule has 1 aliphatic heterocycles. The molecule has 166 valence electrons. The molecular formula is C27H25N3O3. The van der Waals surface area contributed by atoms with Crippen LogP contribution in [0.1, 0.15) is 41.2 Å². The van der Waals surface area contributed by atoms with Crippen molar-refractivity contribution in [1.29, 1.82) is 0 Å². The number of pyridine rings is 2. The molecule has 2 atom stereocenters. The minimum atomic E-state index is -0.766. The predicted molar refractivity (Wildman–Crippen MR) is 126 cm³/mol. The molecule has 3 heterocycles. The zero-order valence-electron chi connectivity index (χ0n) is 18.2. The summed E-state index contributed by atoms with van der Waals surface area (Å²) in [6.45, 7) is 0.770. The fourth-order valence-electron chi connectivity index (χ4n) is 4.66. The van der Waals surface area contributed by atoms with Crippen molar-refractivity contribution in [2.75, 3.05) is 13.1 Å². The van der Waals surface area contributed by atoms with Crippen LogP contribution in [0.4, 0.5) is 0 Å². The molecule has 6 heteroatoms. The highest BCUT2D eigenvalue weighted by molar-refractivity contribution is 6.06. The Kier molecular flexibility index (Phi) is 4.95. The summed E-state index contributed by atoms with van der Waals surface area (Å²) < 4.78 is 6.10. The molecule has 33 heavy (non-hydrogen) atoms. The second-order valence-electron chi connectivity index (χ2n) is 9.01. The number of hydrogen-bond acceptors (Lipinski definition) is 5. The van der Waals surface area contributed by atoms with E-state index in [9.17, 15) is 9.90 Å². The van der Waals surface area contributed by atoms with E-state index in [1.54, 1.807) is 11.1 Å². The molecule has 1 N–H and O–H groups in total. The van der Waals surface area contributed by atoms with Gasteiger partial charge < -0.3 is 14.7 Å². The topological polar surface area (TPSA) is 75.6 Å². The summed E-state index contributed by atoms with van der Waals surface area (Å²) in [4.78, 5) is 24.4. The Hall–Kier alpha value is -3.51. The standard InChI is InChI=1S/C27H25N3O3/c31-25-16-30(13-11-26(25)33-19-10-9-17-4-3-12-28-23(17)14-19)27(32)21-15-24(18-7-8-18)29-22-6-2-1-5-20(21)22/h1-6,9-10,12,14-15,18,25-26,31H,7-8,11,13,16H2/t25-,26-/m1/s1. The maximum absolute atomic E-state index is 13.5. The fraction of sp³-hybridized carbons (Fsp3) is 0.296. The normalized spacial score (nSPS) is 20.8. The Morgan fingerprint density at radius 3 is 2.73 bits per heavy atom. The van der Waals surface area contributed by atoms with Gasteiger partial charge in [0, 0.05) is 47.6 Å². The third-order valence-corrected chi connectivity index (χ3v) is 6.63. The molecule has 2 aromatic carbocycles. The second-order valence-corrected chi connectivity index (χ2v) is 9.01. The summed E-state index contributed by atoms with van der Waals surface area (Å²) in [5, 5.41) is 12.7. The average Bonchev–Trinajstić information content (AvgIpc) is 3.70. The highest BCUT2D eigenvalue weighted by Crippen LogP contribution is 2.40. The summed E-state index contributed by atoms with van der Waals surface area (Å²) in [7, 11) is 0. The van der Waals surface area contributed by atoms with Crippen molar-refractivity contribution in [1.82, 2.24) is 14.9 Å². The number of ether oxygens (including phenoxy) is 1. The Labute approximate surface area is 191 Å². The number of carbonyl (C=O) groups is 1. The van der Waals surface area contributed by atoms with Crippen LogP contribution in [-0.4, -0.2) is 51.2 Å². The number of likely N-dealkylation sites (tertiary alicyclic amines) is 1. The van der Waals surface area contributed by atoms with Gasteiger partial charge in [-0.15, -0.1) is 0 Å². The Morgan fingerprint density at radius 2 is 1.88 bits per heavy atom. The van der Waals surface area contributed by atoms with Gasteiger partial charge >= 0.3 is 0 Å². The largest absolute Gasteiger partial charge is 0.488 e. The first kappa shape index (κ1) is 20.1. The lowest BCUT2D eigenvalue weighted by molar-refractivity contribution is -0.0198. The molecule has 1 saturated heterocycles. The van der Waals surface area contributed by atoms with E-state index in [1.165, 1.54) is 0 Å².